The number of furan rings is 1. The van der Waals surface area contributed by atoms with Crippen molar-refractivity contribution in [2.45, 2.75) is 0 Å². The predicted molar refractivity (Wildman–Crippen MR) is 207 cm³/mol. The maximum absolute atomic E-state index is 6.24. The van der Waals surface area contributed by atoms with Crippen LogP contribution in [0.15, 0.2) is 168 Å². The number of hydrogen-bond acceptors (Lipinski definition) is 5. The molecule has 0 saturated carbocycles. The Morgan fingerprint density at radius 1 is 0.360 bits per heavy atom. The second kappa shape index (κ2) is 11.6. The molecule has 234 valence electrons. The number of aromatic nitrogens is 3. The standard InChI is InChI=1S/C45H27N3OS/c1-3-11-28(12-4-1)30-15-9-16-31(25-30)32-22-24-41-38(26-32)36-18-10-19-37(42(36)50-41)45-47-43(29-13-5-2-6-14-29)46-44(48-45)33-21-23-35-34-17-7-8-20-39(34)49-40(35)27-33/h1-27H. The molecule has 0 aliphatic heterocycles. The van der Waals surface area contributed by atoms with Gasteiger partial charge in [-0.1, -0.05) is 121 Å². The minimum Gasteiger partial charge on any atom is -0.456 e. The average Bonchev–Trinajstić information content (AvgIpc) is 3.76. The maximum Gasteiger partial charge on any atom is 0.165 e. The molecular formula is C45H27N3OS. The highest BCUT2D eigenvalue weighted by Crippen LogP contribution is 2.42. The molecule has 0 radical (unpaired) electrons. The van der Waals surface area contributed by atoms with Gasteiger partial charge in [-0.3, -0.25) is 0 Å². The third-order valence-electron chi connectivity index (χ3n) is 9.35. The SMILES string of the molecule is c1ccc(-c2cccc(-c3ccc4sc5c(-c6nc(-c7ccccc7)nc(-c7ccc8c(c7)oc7ccccc78)n6)cccc5c4c3)c2)cc1. The van der Waals surface area contributed by atoms with Crippen LogP contribution in [-0.2, 0) is 0 Å². The Morgan fingerprint density at radius 2 is 0.960 bits per heavy atom. The molecule has 10 rings (SSSR count). The zero-order valence-corrected chi connectivity index (χ0v) is 27.6. The van der Waals surface area contributed by atoms with E-state index >= 15 is 0 Å². The van der Waals surface area contributed by atoms with Gasteiger partial charge in [0.2, 0.25) is 0 Å². The molecule has 0 aliphatic carbocycles. The van der Waals surface area contributed by atoms with Gasteiger partial charge in [-0.05, 0) is 64.7 Å². The van der Waals surface area contributed by atoms with Crippen LogP contribution in [0, 0.1) is 0 Å². The number of benzene rings is 7. The summed E-state index contributed by atoms with van der Waals surface area (Å²) in [6, 6.07) is 57.0. The Balaban J connectivity index is 1.12. The molecule has 5 heteroatoms. The fraction of sp³-hybridized carbons (Fsp3) is 0. The maximum atomic E-state index is 6.24. The Kier molecular flexibility index (Phi) is 6.64. The first-order valence-electron chi connectivity index (χ1n) is 16.6. The molecule has 4 nitrogen and oxygen atoms in total. The highest BCUT2D eigenvalue weighted by molar-refractivity contribution is 7.26. The fourth-order valence-corrected chi connectivity index (χ4v) is 8.06. The van der Waals surface area contributed by atoms with Crippen LogP contribution in [0.1, 0.15) is 0 Å². The van der Waals surface area contributed by atoms with E-state index in [1.54, 1.807) is 11.3 Å². The largest absolute Gasteiger partial charge is 0.456 e. The van der Waals surface area contributed by atoms with Gasteiger partial charge in [0.05, 0.1) is 0 Å². The van der Waals surface area contributed by atoms with Gasteiger partial charge in [0.1, 0.15) is 11.2 Å². The lowest BCUT2D eigenvalue weighted by Gasteiger charge is -2.09. The second-order valence-electron chi connectivity index (χ2n) is 12.4. The molecular weight excluding hydrogens is 631 g/mol. The molecule has 10 aromatic rings. The first-order chi connectivity index (χ1) is 24.7. The summed E-state index contributed by atoms with van der Waals surface area (Å²) < 4.78 is 8.62. The summed E-state index contributed by atoms with van der Waals surface area (Å²) in [4.78, 5) is 15.2. The van der Waals surface area contributed by atoms with Crippen molar-refractivity contribution in [3.63, 3.8) is 0 Å². The molecule has 0 N–H and O–H groups in total. The van der Waals surface area contributed by atoms with E-state index in [9.17, 15) is 0 Å². The van der Waals surface area contributed by atoms with Crippen molar-refractivity contribution in [1.82, 2.24) is 15.0 Å². The highest BCUT2D eigenvalue weighted by atomic mass is 32.1. The van der Waals surface area contributed by atoms with E-state index in [1.165, 1.54) is 37.7 Å². The summed E-state index contributed by atoms with van der Waals surface area (Å²) in [5.74, 6) is 1.88. The average molecular weight is 658 g/mol. The molecule has 0 bridgehead atoms. The number of rotatable bonds is 5. The van der Waals surface area contributed by atoms with Crippen molar-refractivity contribution in [2.24, 2.45) is 0 Å². The monoisotopic (exact) mass is 657 g/mol. The van der Waals surface area contributed by atoms with E-state index in [4.69, 9.17) is 19.4 Å². The van der Waals surface area contributed by atoms with E-state index in [2.05, 4.69) is 109 Å². The number of para-hydroxylation sites is 1. The zero-order valence-electron chi connectivity index (χ0n) is 26.7. The van der Waals surface area contributed by atoms with E-state index in [0.717, 1.165) is 43.3 Å². The molecule has 3 aromatic heterocycles. The second-order valence-corrected chi connectivity index (χ2v) is 13.5. The van der Waals surface area contributed by atoms with E-state index in [1.807, 2.05) is 54.6 Å². The lowest BCUT2D eigenvalue weighted by atomic mass is 9.98. The molecule has 3 heterocycles. The number of fused-ring (bicyclic) bond motifs is 6. The quantitative estimate of drug-likeness (QED) is 0.185. The van der Waals surface area contributed by atoms with Gasteiger partial charge in [-0.15, -0.1) is 11.3 Å². The summed E-state index contributed by atoms with van der Waals surface area (Å²) in [6.45, 7) is 0. The van der Waals surface area contributed by atoms with Crippen LogP contribution < -0.4 is 0 Å². The summed E-state index contributed by atoms with van der Waals surface area (Å²) >= 11 is 1.78. The third-order valence-corrected chi connectivity index (χ3v) is 10.6. The van der Waals surface area contributed by atoms with Crippen LogP contribution in [-0.4, -0.2) is 15.0 Å². The Hall–Kier alpha value is -6.43. The van der Waals surface area contributed by atoms with E-state index in [-0.39, 0.29) is 0 Å². The molecule has 0 amide bonds. The molecule has 0 spiro atoms. The minimum absolute atomic E-state index is 0.606. The Labute approximate surface area is 292 Å². The smallest absolute Gasteiger partial charge is 0.165 e. The molecule has 50 heavy (non-hydrogen) atoms. The summed E-state index contributed by atoms with van der Waals surface area (Å²) in [5.41, 5.74) is 9.28. The molecule has 0 atom stereocenters. The predicted octanol–water partition coefficient (Wildman–Crippen LogP) is 12.5. The molecule has 0 fully saturated rings. The lowest BCUT2D eigenvalue weighted by molar-refractivity contribution is 0.669. The van der Waals surface area contributed by atoms with Crippen molar-refractivity contribution in [3.8, 4) is 56.4 Å². The van der Waals surface area contributed by atoms with Crippen LogP contribution in [0.5, 0.6) is 0 Å². The summed E-state index contributed by atoms with van der Waals surface area (Å²) in [5, 5.41) is 4.58. The lowest BCUT2D eigenvalue weighted by Crippen LogP contribution is -2.00. The van der Waals surface area contributed by atoms with Crippen LogP contribution in [0.3, 0.4) is 0 Å². The molecule has 0 unspecified atom stereocenters. The van der Waals surface area contributed by atoms with Crippen LogP contribution in [0.25, 0.3) is 98.5 Å². The highest BCUT2D eigenvalue weighted by Gasteiger charge is 2.18. The number of nitrogens with zero attached hydrogens (tertiary/aromatic N) is 3. The van der Waals surface area contributed by atoms with Crippen molar-refractivity contribution in [1.29, 1.82) is 0 Å². The van der Waals surface area contributed by atoms with Crippen LogP contribution in [0.4, 0.5) is 0 Å². The van der Waals surface area contributed by atoms with Crippen molar-refractivity contribution >= 4 is 53.4 Å². The van der Waals surface area contributed by atoms with Gasteiger partial charge in [-0.2, -0.15) is 0 Å². The number of thiophene rings is 1. The first-order valence-corrected chi connectivity index (χ1v) is 17.4. The van der Waals surface area contributed by atoms with Gasteiger partial charge < -0.3 is 4.42 Å². The molecule has 0 aliphatic rings. The van der Waals surface area contributed by atoms with Gasteiger partial charge in [0.15, 0.2) is 17.5 Å². The first kappa shape index (κ1) is 28.6. The van der Waals surface area contributed by atoms with Crippen LogP contribution >= 0.6 is 11.3 Å². The summed E-state index contributed by atoms with van der Waals surface area (Å²) in [7, 11) is 0. The van der Waals surface area contributed by atoms with Crippen LogP contribution in [0.2, 0.25) is 0 Å². The van der Waals surface area contributed by atoms with Gasteiger partial charge in [0.25, 0.3) is 0 Å². The van der Waals surface area contributed by atoms with Crippen molar-refractivity contribution in [2.75, 3.05) is 0 Å². The zero-order chi connectivity index (χ0) is 33.0. The fourth-order valence-electron chi connectivity index (χ4n) is 6.87. The molecule has 7 aromatic carbocycles. The van der Waals surface area contributed by atoms with Crippen molar-refractivity contribution < 1.29 is 4.42 Å². The van der Waals surface area contributed by atoms with Crippen molar-refractivity contribution in [3.05, 3.63) is 164 Å². The topological polar surface area (TPSA) is 51.8 Å². The molecule has 0 saturated heterocycles. The van der Waals surface area contributed by atoms with Gasteiger partial charge in [-0.25, -0.2) is 15.0 Å². The van der Waals surface area contributed by atoms with E-state index in [0.29, 0.717) is 17.5 Å². The minimum atomic E-state index is 0.606. The Morgan fingerprint density at radius 3 is 1.80 bits per heavy atom. The van der Waals surface area contributed by atoms with E-state index < -0.39 is 0 Å². The Bertz CT molecular complexity index is 2870. The van der Waals surface area contributed by atoms with Gasteiger partial charge >= 0.3 is 0 Å². The summed E-state index contributed by atoms with van der Waals surface area (Å²) in [6.07, 6.45) is 0. The van der Waals surface area contributed by atoms with Gasteiger partial charge in [0, 0.05) is 47.6 Å². The third kappa shape index (κ3) is 4.87. The number of hydrogen-bond donors (Lipinski definition) is 0. The normalized spacial score (nSPS) is 11.6.